The van der Waals surface area contributed by atoms with Gasteiger partial charge < -0.3 is 15.5 Å². The van der Waals surface area contributed by atoms with Crippen molar-refractivity contribution in [2.45, 2.75) is 51.6 Å². The van der Waals surface area contributed by atoms with Gasteiger partial charge in [-0.3, -0.25) is 4.79 Å². The van der Waals surface area contributed by atoms with Gasteiger partial charge in [-0.15, -0.1) is 0 Å². The van der Waals surface area contributed by atoms with Crippen molar-refractivity contribution >= 4 is 22.4 Å². The highest BCUT2D eigenvalue weighted by Gasteiger charge is 2.31. The molecule has 6 heteroatoms. The Balaban J connectivity index is 1.82. The van der Waals surface area contributed by atoms with E-state index in [1.54, 1.807) is 11.3 Å². The minimum Gasteiger partial charge on any atom is -0.353 e. The van der Waals surface area contributed by atoms with Gasteiger partial charge in [0.05, 0.1) is 5.69 Å². The molecule has 2 unspecified atom stereocenters. The molecule has 5 nitrogen and oxygen atoms in total. The molecule has 2 heterocycles. The number of hydrogen-bond acceptors (Lipinski definition) is 5. The van der Waals surface area contributed by atoms with E-state index < -0.39 is 0 Å². The highest BCUT2D eigenvalue weighted by Crippen LogP contribution is 2.38. The number of carbonyl (C=O) groups is 1. The van der Waals surface area contributed by atoms with E-state index in [0.717, 1.165) is 31.1 Å². The van der Waals surface area contributed by atoms with Crippen LogP contribution >= 0.6 is 11.3 Å². The molecule has 1 aliphatic heterocycles. The van der Waals surface area contributed by atoms with Gasteiger partial charge in [-0.2, -0.15) is 0 Å². The maximum absolute atomic E-state index is 11.8. The van der Waals surface area contributed by atoms with Crippen LogP contribution in [0.4, 0.5) is 5.13 Å². The molecule has 0 aromatic carbocycles. The molecule has 0 radical (unpaired) electrons. The van der Waals surface area contributed by atoms with Gasteiger partial charge in [-0.05, 0) is 39.2 Å². The number of thiazole rings is 1. The van der Waals surface area contributed by atoms with Crippen LogP contribution in [0.1, 0.15) is 49.7 Å². The highest BCUT2D eigenvalue weighted by molar-refractivity contribution is 7.15. The van der Waals surface area contributed by atoms with Crippen molar-refractivity contribution in [2.24, 2.45) is 0 Å². The molecule has 1 saturated heterocycles. The number of nitrogens with zero attached hydrogens (tertiary/aromatic N) is 2. The molecule has 0 spiro atoms. The van der Waals surface area contributed by atoms with E-state index in [0.29, 0.717) is 12.6 Å². The minimum absolute atomic E-state index is 0.107. The molecule has 1 aliphatic carbocycles. The number of nitrogens with one attached hydrogen (secondary N) is 2. The Labute approximate surface area is 130 Å². The van der Waals surface area contributed by atoms with Crippen molar-refractivity contribution in [3.8, 4) is 0 Å². The van der Waals surface area contributed by atoms with Gasteiger partial charge in [0.1, 0.15) is 6.04 Å². The summed E-state index contributed by atoms with van der Waals surface area (Å²) in [4.78, 5) is 20.2. The van der Waals surface area contributed by atoms with Crippen LogP contribution in [-0.2, 0) is 11.2 Å². The molecule has 2 N–H and O–H groups in total. The van der Waals surface area contributed by atoms with Crippen LogP contribution in [0.3, 0.4) is 0 Å². The Kier molecular flexibility index (Phi) is 4.45. The summed E-state index contributed by atoms with van der Waals surface area (Å²) in [6.07, 6.45) is 4.63. The van der Waals surface area contributed by atoms with Crippen molar-refractivity contribution in [3.63, 3.8) is 0 Å². The third kappa shape index (κ3) is 2.92. The second-order valence-corrected chi connectivity index (χ2v) is 6.88. The van der Waals surface area contributed by atoms with Crippen LogP contribution in [0.2, 0.25) is 0 Å². The lowest BCUT2D eigenvalue weighted by molar-refractivity contribution is -0.122. The number of rotatable bonds is 4. The maximum atomic E-state index is 11.8. The Morgan fingerprint density at radius 3 is 3.19 bits per heavy atom. The van der Waals surface area contributed by atoms with Gasteiger partial charge in [-0.1, -0.05) is 18.3 Å². The zero-order valence-electron chi connectivity index (χ0n) is 12.8. The summed E-state index contributed by atoms with van der Waals surface area (Å²) in [6, 6.07) is 0.335. The van der Waals surface area contributed by atoms with Crippen molar-refractivity contribution in [3.05, 3.63) is 10.6 Å². The molecule has 1 fully saturated rings. The topological polar surface area (TPSA) is 57.3 Å². The summed E-state index contributed by atoms with van der Waals surface area (Å²) < 4.78 is 0. The Bertz CT molecular complexity index is 516. The lowest BCUT2D eigenvalue weighted by Gasteiger charge is -2.32. The van der Waals surface area contributed by atoms with Gasteiger partial charge >= 0.3 is 0 Å². The second-order valence-electron chi connectivity index (χ2n) is 5.87. The van der Waals surface area contributed by atoms with Crippen LogP contribution in [0.15, 0.2) is 0 Å². The van der Waals surface area contributed by atoms with Crippen LogP contribution in [0, 0.1) is 0 Å². The largest absolute Gasteiger partial charge is 0.353 e. The van der Waals surface area contributed by atoms with E-state index in [1.165, 1.54) is 23.4 Å². The molecule has 2 atom stereocenters. The van der Waals surface area contributed by atoms with Gasteiger partial charge in [0.25, 0.3) is 0 Å². The number of aryl methyl sites for hydroxylation is 1. The molecule has 2 aliphatic rings. The number of amides is 1. The monoisotopic (exact) mass is 308 g/mol. The summed E-state index contributed by atoms with van der Waals surface area (Å²) >= 11 is 1.78. The molecule has 0 bridgehead atoms. The van der Waals surface area contributed by atoms with Gasteiger partial charge in [0, 0.05) is 24.0 Å². The maximum Gasteiger partial charge on any atom is 0.242 e. The quantitative estimate of drug-likeness (QED) is 0.891. The highest BCUT2D eigenvalue weighted by atomic mass is 32.1. The third-order valence-electron chi connectivity index (χ3n) is 4.32. The standard InChI is InChI=1S/C15H24N4OS/c1-3-7-16-11-5-4-6-12-13(11)21-15(18-12)19-9-8-17-14(20)10(19)2/h10-11,16H,3-9H2,1-2H3,(H,17,20). The van der Waals surface area contributed by atoms with Crippen LogP contribution in [0.25, 0.3) is 0 Å². The molecule has 0 saturated carbocycles. The first-order chi connectivity index (χ1) is 10.2. The first-order valence-corrected chi connectivity index (χ1v) is 8.79. The first kappa shape index (κ1) is 14.8. The normalized spacial score (nSPS) is 25.6. The van der Waals surface area contributed by atoms with Crippen molar-refractivity contribution < 1.29 is 4.79 Å². The van der Waals surface area contributed by atoms with Crippen molar-refractivity contribution in [1.82, 2.24) is 15.6 Å². The number of anilines is 1. The summed E-state index contributed by atoms with van der Waals surface area (Å²) in [5.74, 6) is 0.107. The fraction of sp³-hybridized carbons (Fsp3) is 0.733. The number of hydrogen-bond donors (Lipinski definition) is 2. The lowest BCUT2D eigenvalue weighted by Crippen LogP contribution is -2.54. The third-order valence-corrected chi connectivity index (χ3v) is 5.57. The molecular weight excluding hydrogens is 284 g/mol. The minimum atomic E-state index is -0.117. The molecule has 1 aromatic heterocycles. The summed E-state index contributed by atoms with van der Waals surface area (Å²) in [5.41, 5.74) is 1.24. The molecule has 116 valence electrons. The van der Waals surface area contributed by atoms with E-state index in [4.69, 9.17) is 4.98 Å². The SMILES string of the molecule is CCCNC1CCCc2nc(N3CCNC(=O)C3C)sc21. The number of carbonyl (C=O) groups excluding carboxylic acids is 1. The number of piperazine rings is 1. The number of aromatic nitrogens is 1. The van der Waals surface area contributed by atoms with Gasteiger partial charge in [-0.25, -0.2) is 4.98 Å². The van der Waals surface area contributed by atoms with Crippen LogP contribution < -0.4 is 15.5 Å². The van der Waals surface area contributed by atoms with Gasteiger partial charge in [0.2, 0.25) is 5.91 Å². The predicted molar refractivity (Wildman–Crippen MR) is 85.9 cm³/mol. The van der Waals surface area contributed by atoms with Crippen molar-refractivity contribution in [1.29, 1.82) is 0 Å². The Hall–Kier alpha value is -1.14. The van der Waals surface area contributed by atoms with Crippen molar-refractivity contribution in [2.75, 3.05) is 24.5 Å². The average Bonchev–Trinajstić information content (AvgIpc) is 2.92. The second kappa shape index (κ2) is 6.32. The van der Waals surface area contributed by atoms with E-state index in [9.17, 15) is 4.79 Å². The number of fused-ring (bicyclic) bond motifs is 1. The molecular formula is C15H24N4OS. The summed E-state index contributed by atoms with van der Waals surface area (Å²) in [6.45, 7) is 6.78. The van der Waals surface area contributed by atoms with Crippen LogP contribution in [0.5, 0.6) is 0 Å². The van der Waals surface area contributed by atoms with E-state index in [-0.39, 0.29) is 11.9 Å². The predicted octanol–water partition coefficient (Wildman–Crippen LogP) is 1.84. The molecule has 1 aromatic rings. The molecule has 1 amide bonds. The summed E-state index contributed by atoms with van der Waals surface area (Å²) in [7, 11) is 0. The van der Waals surface area contributed by atoms with E-state index in [2.05, 4.69) is 22.5 Å². The first-order valence-electron chi connectivity index (χ1n) is 7.98. The smallest absolute Gasteiger partial charge is 0.242 e. The Morgan fingerprint density at radius 2 is 2.38 bits per heavy atom. The fourth-order valence-electron chi connectivity index (χ4n) is 3.09. The zero-order chi connectivity index (χ0) is 14.8. The van der Waals surface area contributed by atoms with E-state index in [1.807, 2.05) is 6.92 Å². The molecule has 21 heavy (non-hydrogen) atoms. The fourth-order valence-corrected chi connectivity index (χ4v) is 4.41. The van der Waals surface area contributed by atoms with Gasteiger partial charge in [0.15, 0.2) is 5.13 Å². The molecule has 3 rings (SSSR count). The zero-order valence-corrected chi connectivity index (χ0v) is 13.6. The Morgan fingerprint density at radius 1 is 1.52 bits per heavy atom. The van der Waals surface area contributed by atoms with E-state index >= 15 is 0 Å². The summed E-state index contributed by atoms with van der Waals surface area (Å²) in [5, 5.41) is 7.57. The lowest BCUT2D eigenvalue weighted by atomic mass is 9.98. The average molecular weight is 308 g/mol. The van der Waals surface area contributed by atoms with Crippen LogP contribution in [-0.4, -0.2) is 36.6 Å².